The third-order valence-corrected chi connectivity index (χ3v) is 15.2. The highest BCUT2D eigenvalue weighted by Gasteiger charge is 2.71. The number of piperazine rings is 1. The molecule has 0 radical (unpaired) electrons. The summed E-state index contributed by atoms with van der Waals surface area (Å²) in [6.45, 7) is 22.7. The Morgan fingerprint density at radius 2 is 1.55 bits per heavy atom. The van der Waals surface area contributed by atoms with Crippen LogP contribution in [0.4, 0.5) is 0 Å². The second kappa shape index (κ2) is 10.8. The molecule has 8 atom stereocenters. The number of fused-ring (bicyclic) bond motifs is 7. The molecule has 0 N–H and O–H groups in total. The van der Waals surface area contributed by atoms with Crippen molar-refractivity contribution in [3.63, 3.8) is 0 Å². The van der Waals surface area contributed by atoms with Gasteiger partial charge >= 0.3 is 5.97 Å². The van der Waals surface area contributed by atoms with Gasteiger partial charge in [0.2, 0.25) is 0 Å². The number of carbonyl (C=O) groups excluding carboxylic acids is 3. The predicted molar refractivity (Wildman–Crippen MR) is 174 cm³/mol. The molecule has 1 saturated heterocycles. The van der Waals surface area contributed by atoms with E-state index < -0.39 is 5.41 Å². The third kappa shape index (κ3) is 4.49. The molecule has 1 heterocycles. The Morgan fingerprint density at radius 1 is 0.864 bits per heavy atom. The molecule has 6 heteroatoms. The summed E-state index contributed by atoms with van der Waals surface area (Å²) in [6, 6.07) is 0. The minimum Gasteiger partial charge on any atom is -0.462 e. The zero-order valence-corrected chi connectivity index (χ0v) is 29.3. The second-order valence-corrected chi connectivity index (χ2v) is 17.7. The molecule has 0 aromatic carbocycles. The topological polar surface area (TPSA) is 66.9 Å². The molecule has 0 spiro atoms. The van der Waals surface area contributed by atoms with Gasteiger partial charge < -0.3 is 9.64 Å². The fourth-order valence-corrected chi connectivity index (χ4v) is 12.7. The van der Waals surface area contributed by atoms with Crippen LogP contribution in [0.25, 0.3) is 0 Å². The molecule has 6 aliphatic rings. The lowest BCUT2D eigenvalue weighted by molar-refractivity contribution is -0.232. The Balaban J connectivity index is 1.35. The maximum Gasteiger partial charge on any atom is 0.302 e. The van der Waals surface area contributed by atoms with Gasteiger partial charge in [-0.2, -0.15) is 0 Å². The summed E-state index contributed by atoms with van der Waals surface area (Å²) < 4.78 is 5.94. The van der Waals surface area contributed by atoms with Crippen LogP contribution in [0.2, 0.25) is 0 Å². The largest absolute Gasteiger partial charge is 0.462 e. The summed E-state index contributed by atoms with van der Waals surface area (Å²) >= 11 is 0. The number of nitrogens with zero attached hydrogens (tertiary/aromatic N) is 2. The SMILES string of the molecule is CC(=O)O[C@H]1CC[C@]2(C)[C@H]3CC[C@@H]4C5=C(C(C)C)C(=O)C[C@]5(C(=O)CN5CCN(C)CC5)CC[C@@]4(C)[C@]3(C)CC[C@H]2C1(C)C. The summed E-state index contributed by atoms with van der Waals surface area (Å²) in [7, 11) is 2.16. The first-order chi connectivity index (χ1) is 20.5. The van der Waals surface area contributed by atoms with Crippen LogP contribution in [0, 0.1) is 50.7 Å². The molecular formula is C38H60N2O4. The fourth-order valence-electron chi connectivity index (χ4n) is 12.7. The molecular weight excluding hydrogens is 548 g/mol. The monoisotopic (exact) mass is 608 g/mol. The summed E-state index contributed by atoms with van der Waals surface area (Å²) in [5.74, 6) is 1.95. The molecule has 44 heavy (non-hydrogen) atoms. The predicted octanol–water partition coefficient (Wildman–Crippen LogP) is 6.72. The molecule has 5 aliphatic carbocycles. The smallest absolute Gasteiger partial charge is 0.302 e. The van der Waals surface area contributed by atoms with Gasteiger partial charge in [-0.15, -0.1) is 0 Å². The van der Waals surface area contributed by atoms with E-state index in [9.17, 15) is 14.4 Å². The van der Waals surface area contributed by atoms with Crippen LogP contribution in [-0.2, 0) is 19.1 Å². The second-order valence-electron chi connectivity index (χ2n) is 17.7. The van der Waals surface area contributed by atoms with Crippen molar-refractivity contribution in [3.8, 4) is 0 Å². The highest BCUT2D eigenvalue weighted by Crippen LogP contribution is 2.76. The van der Waals surface area contributed by atoms with Crippen molar-refractivity contribution in [2.24, 2.45) is 50.7 Å². The van der Waals surface area contributed by atoms with Crippen LogP contribution >= 0.6 is 0 Å². The lowest BCUT2D eigenvalue weighted by atomic mass is 9.33. The average Bonchev–Trinajstić information content (AvgIpc) is 3.25. The Labute approximate surface area is 267 Å². The van der Waals surface area contributed by atoms with Crippen molar-refractivity contribution in [3.05, 3.63) is 11.1 Å². The highest BCUT2D eigenvalue weighted by molar-refractivity contribution is 6.07. The van der Waals surface area contributed by atoms with Gasteiger partial charge in [0.25, 0.3) is 0 Å². The van der Waals surface area contributed by atoms with Crippen molar-refractivity contribution >= 4 is 17.5 Å². The Morgan fingerprint density at radius 3 is 2.18 bits per heavy atom. The minimum atomic E-state index is -0.599. The normalized spacial score (nSPS) is 44.1. The van der Waals surface area contributed by atoms with Gasteiger partial charge in [-0.05, 0) is 109 Å². The number of Topliss-reactive ketones (excluding diaryl/α,β-unsaturated/α-hetero) is 2. The van der Waals surface area contributed by atoms with E-state index in [0.29, 0.717) is 36.5 Å². The van der Waals surface area contributed by atoms with Gasteiger partial charge in [0.1, 0.15) is 6.10 Å². The van der Waals surface area contributed by atoms with Crippen LogP contribution < -0.4 is 0 Å². The fraction of sp³-hybridized carbons (Fsp3) is 0.868. The summed E-state index contributed by atoms with van der Waals surface area (Å²) in [5.41, 5.74) is 2.03. The first kappa shape index (κ1) is 32.4. The Bertz CT molecular complexity index is 1250. The number of allylic oxidation sites excluding steroid dienone is 2. The van der Waals surface area contributed by atoms with Crippen LogP contribution in [0.5, 0.6) is 0 Å². The number of hydrogen-bond donors (Lipinski definition) is 0. The number of esters is 1. The van der Waals surface area contributed by atoms with Crippen molar-refractivity contribution in [1.29, 1.82) is 0 Å². The van der Waals surface area contributed by atoms with Gasteiger partial charge in [0.15, 0.2) is 11.6 Å². The standard InChI is InChI=1S/C38H60N2O4/c1-24(2)32-27(42)22-38(30(43)23-40-20-18-39(9)19-21-40)17-16-36(7)26(33(32)38)10-11-29-35(6)14-13-31(44-25(3)41)34(4,5)28(35)12-15-37(29,36)8/h24,26,28-29,31H,10-23H2,1-9H3/t26-,28+,29-,31+,35+,36-,37-,38+/m1/s1. The maximum absolute atomic E-state index is 14.5. The number of rotatable bonds is 5. The molecule has 246 valence electrons. The number of carbonyl (C=O) groups is 3. The summed E-state index contributed by atoms with van der Waals surface area (Å²) in [4.78, 5) is 45.2. The molecule has 6 nitrogen and oxygen atoms in total. The van der Waals surface area contributed by atoms with Crippen LogP contribution in [0.3, 0.4) is 0 Å². The zero-order valence-electron chi connectivity index (χ0n) is 29.3. The maximum atomic E-state index is 14.5. The van der Waals surface area contributed by atoms with Gasteiger partial charge in [-0.25, -0.2) is 0 Å². The molecule has 0 unspecified atom stereocenters. The van der Waals surface area contributed by atoms with E-state index in [1.807, 2.05) is 0 Å². The van der Waals surface area contributed by atoms with Gasteiger partial charge in [-0.3, -0.25) is 19.3 Å². The van der Waals surface area contributed by atoms with Crippen molar-refractivity contribution < 1.29 is 19.1 Å². The van der Waals surface area contributed by atoms with Crippen LogP contribution in [0.15, 0.2) is 11.1 Å². The highest BCUT2D eigenvalue weighted by atomic mass is 16.5. The molecule has 0 aromatic rings. The van der Waals surface area contributed by atoms with Crippen molar-refractivity contribution in [2.45, 2.75) is 119 Å². The summed E-state index contributed by atoms with van der Waals surface area (Å²) in [5, 5.41) is 0. The van der Waals surface area contributed by atoms with E-state index in [1.165, 1.54) is 12.0 Å². The molecule has 5 fully saturated rings. The number of likely N-dealkylation sites (N-methyl/N-ethyl adjacent to an activating group) is 1. The van der Waals surface area contributed by atoms with Crippen molar-refractivity contribution in [1.82, 2.24) is 9.80 Å². The zero-order chi connectivity index (χ0) is 32.0. The molecule has 0 aromatic heterocycles. The minimum absolute atomic E-state index is 0.0146. The lowest BCUT2D eigenvalue weighted by Crippen LogP contribution is -2.66. The van der Waals surface area contributed by atoms with E-state index in [0.717, 1.165) is 76.7 Å². The average molecular weight is 609 g/mol. The first-order valence-corrected chi connectivity index (χ1v) is 17.9. The Hall–Kier alpha value is -1.53. The summed E-state index contributed by atoms with van der Waals surface area (Å²) in [6.07, 6.45) is 8.84. The lowest BCUT2D eigenvalue weighted by Gasteiger charge is -2.72. The van der Waals surface area contributed by atoms with Gasteiger partial charge in [0.05, 0.1) is 12.0 Å². The number of hydrogen-bond acceptors (Lipinski definition) is 6. The molecule has 4 saturated carbocycles. The van der Waals surface area contributed by atoms with E-state index in [4.69, 9.17) is 4.74 Å². The van der Waals surface area contributed by atoms with Gasteiger partial charge in [-0.1, -0.05) is 48.5 Å². The third-order valence-electron chi connectivity index (χ3n) is 15.2. The van der Waals surface area contributed by atoms with E-state index in [2.05, 4.69) is 65.3 Å². The van der Waals surface area contributed by atoms with Crippen LogP contribution in [0.1, 0.15) is 113 Å². The van der Waals surface area contributed by atoms with Crippen molar-refractivity contribution in [2.75, 3.05) is 39.8 Å². The van der Waals surface area contributed by atoms with Gasteiger partial charge in [0, 0.05) is 44.9 Å². The number of ether oxygens (including phenoxy) is 1. The molecule has 0 amide bonds. The van der Waals surface area contributed by atoms with E-state index in [1.54, 1.807) is 6.92 Å². The molecule has 6 rings (SSSR count). The Kier molecular flexibility index (Phi) is 7.92. The van der Waals surface area contributed by atoms with E-state index >= 15 is 0 Å². The molecule has 0 bridgehead atoms. The van der Waals surface area contributed by atoms with Crippen LogP contribution in [-0.4, -0.2) is 73.2 Å². The van der Waals surface area contributed by atoms with E-state index in [-0.39, 0.29) is 45.4 Å². The number of ketones is 2. The molecule has 1 aliphatic heterocycles. The quantitative estimate of drug-likeness (QED) is 0.323. The first-order valence-electron chi connectivity index (χ1n) is 17.9.